The number of rotatable bonds is 4. The number of likely N-dealkylation sites (N-methyl/N-ethyl adjacent to an activating group) is 1. The fourth-order valence-corrected chi connectivity index (χ4v) is 2.41. The quantitative estimate of drug-likeness (QED) is 0.848. The number of hydrogen-bond donors (Lipinski definition) is 1. The van der Waals surface area contributed by atoms with Crippen molar-refractivity contribution in [2.45, 2.75) is 46.6 Å². The molecule has 0 heterocycles. The van der Waals surface area contributed by atoms with Gasteiger partial charge in [0.15, 0.2) is 0 Å². The molecule has 1 nitrogen and oxygen atoms in total. The van der Waals surface area contributed by atoms with Gasteiger partial charge in [-0.3, -0.25) is 0 Å². The van der Waals surface area contributed by atoms with Gasteiger partial charge in [-0.2, -0.15) is 0 Å². The fourth-order valence-electron chi connectivity index (χ4n) is 2.10. The molecule has 1 rings (SSSR count). The fraction of sp³-hybridized carbons (Fsp3) is 0.600. The minimum Gasteiger partial charge on any atom is -0.317 e. The molecule has 1 atom stereocenters. The van der Waals surface area contributed by atoms with Gasteiger partial charge in [-0.1, -0.05) is 44.5 Å². The second-order valence-electron chi connectivity index (χ2n) is 6.05. The maximum atomic E-state index is 6.27. The Morgan fingerprint density at radius 1 is 1.29 bits per heavy atom. The van der Waals surface area contributed by atoms with Crippen LogP contribution in [-0.4, -0.2) is 13.1 Å². The molecule has 96 valence electrons. The molecule has 0 saturated carbocycles. The van der Waals surface area contributed by atoms with E-state index < -0.39 is 0 Å². The lowest BCUT2D eigenvalue weighted by atomic mass is 9.86. The van der Waals surface area contributed by atoms with E-state index in [9.17, 15) is 0 Å². The summed E-state index contributed by atoms with van der Waals surface area (Å²) in [5.41, 5.74) is 2.79. The summed E-state index contributed by atoms with van der Waals surface area (Å²) < 4.78 is 0. The molecule has 0 bridgehead atoms. The van der Waals surface area contributed by atoms with E-state index >= 15 is 0 Å². The van der Waals surface area contributed by atoms with Gasteiger partial charge in [0.1, 0.15) is 0 Å². The molecule has 0 fully saturated rings. The summed E-state index contributed by atoms with van der Waals surface area (Å²) in [5, 5.41) is 4.28. The largest absolute Gasteiger partial charge is 0.317 e. The van der Waals surface area contributed by atoms with Crippen LogP contribution in [0.5, 0.6) is 0 Å². The standard InChI is InChI=1S/C15H24ClN/c1-11-6-7-12(14(16)8-11)9-13(17-5)10-15(2,3)4/h6-8,13,17H,9-10H2,1-5H3. The van der Waals surface area contributed by atoms with Gasteiger partial charge in [0.05, 0.1) is 0 Å². The minimum atomic E-state index is 0.338. The second-order valence-corrected chi connectivity index (χ2v) is 6.46. The highest BCUT2D eigenvalue weighted by atomic mass is 35.5. The van der Waals surface area contributed by atoms with Crippen molar-refractivity contribution in [3.05, 3.63) is 34.3 Å². The Morgan fingerprint density at radius 3 is 2.41 bits per heavy atom. The summed E-state index contributed by atoms with van der Waals surface area (Å²) in [7, 11) is 2.03. The van der Waals surface area contributed by atoms with Crippen LogP contribution < -0.4 is 5.32 Å². The highest BCUT2D eigenvalue weighted by molar-refractivity contribution is 6.31. The van der Waals surface area contributed by atoms with Crippen molar-refractivity contribution in [3.63, 3.8) is 0 Å². The Morgan fingerprint density at radius 2 is 1.94 bits per heavy atom. The van der Waals surface area contributed by atoms with Crippen molar-refractivity contribution >= 4 is 11.6 Å². The molecule has 0 radical (unpaired) electrons. The molecule has 1 aromatic rings. The summed E-state index contributed by atoms with van der Waals surface area (Å²) >= 11 is 6.27. The Labute approximate surface area is 111 Å². The van der Waals surface area contributed by atoms with Gasteiger partial charge in [0.2, 0.25) is 0 Å². The summed E-state index contributed by atoms with van der Waals surface area (Å²) in [5.74, 6) is 0. The van der Waals surface area contributed by atoms with E-state index in [4.69, 9.17) is 11.6 Å². The number of nitrogens with one attached hydrogen (secondary N) is 1. The van der Waals surface area contributed by atoms with E-state index in [0.29, 0.717) is 11.5 Å². The Balaban J connectivity index is 2.74. The van der Waals surface area contributed by atoms with Crippen molar-refractivity contribution in [3.8, 4) is 0 Å². The third-order valence-electron chi connectivity index (χ3n) is 2.94. The van der Waals surface area contributed by atoms with E-state index in [1.54, 1.807) is 0 Å². The number of halogens is 1. The molecule has 0 amide bonds. The van der Waals surface area contributed by atoms with Gasteiger partial charge < -0.3 is 5.32 Å². The topological polar surface area (TPSA) is 12.0 Å². The van der Waals surface area contributed by atoms with E-state index in [1.165, 1.54) is 11.1 Å². The molecule has 17 heavy (non-hydrogen) atoms. The number of benzene rings is 1. The lowest BCUT2D eigenvalue weighted by Crippen LogP contribution is -2.32. The van der Waals surface area contributed by atoms with Crippen LogP contribution >= 0.6 is 11.6 Å². The zero-order valence-corrected chi connectivity index (χ0v) is 12.4. The molecule has 1 aromatic carbocycles. The molecule has 0 aliphatic rings. The Bertz CT molecular complexity index is 366. The predicted molar refractivity (Wildman–Crippen MR) is 76.8 cm³/mol. The van der Waals surface area contributed by atoms with E-state index in [2.05, 4.69) is 45.1 Å². The lowest BCUT2D eigenvalue weighted by molar-refractivity contribution is 0.316. The van der Waals surface area contributed by atoms with Crippen LogP contribution in [0.15, 0.2) is 18.2 Å². The molecule has 1 unspecified atom stereocenters. The first kappa shape index (κ1) is 14.5. The first-order valence-corrected chi connectivity index (χ1v) is 6.62. The Hall–Kier alpha value is -0.530. The van der Waals surface area contributed by atoms with E-state index in [1.807, 2.05) is 13.1 Å². The maximum absolute atomic E-state index is 6.27. The van der Waals surface area contributed by atoms with Gasteiger partial charge in [0.25, 0.3) is 0 Å². The van der Waals surface area contributed by atoms with Crippen LogP contribution in [-0.2, 0) is 6.42 Å². The zero-order chi connectivity index (χ0) is 13.1. The SMILES string of the molecule is CNC(Cc1ccc(C)cc1Cl)CC(C)(C)C. The number of hydrogen-bond acceptors (Lipinski definition) is 1. The van der Waals surface area contributed by atoms with Crippen molar-refractivity contribution in [2.75, 3.05) is 7.05 Å². The van der Waals surface area contributed by atoms with Crippen LogP contribution in [0.2, 0.25) is 5.02 Å². The summed E-state index contributed by atoms with van der Waals surface area (Å²) in [6, 6.07) is 6.80. The van der Waals surface area contributed by atoms with E-state index in [-0.39, 0.29) is 0 Å². The molecule has 2 heteroatoms. The third kappa shape index (κ3) is 5.10. The van der Waals surface area contributed by atoms with Gasteiger partial charge in [-0.25, -0.2) is 0 Å². The highest BCUT2D eigenvalue weighted by Crippen LogP contribution is 2.25. The normalized spacial score (nSPS) is 13.8. The van der Waals surface area contributed by atoms with E-state index in [0.717, 1.165) is 17.9 Å². The van der Waals surface area contributed by atoms with Gasteiger partial charge >= 0.3 is 0 Å². The molecular formula is C15H24ClN. The van der Waals surface area contributed by atoms with Gasteiger partial charge in [-0.05, 0) is 49.4 Å². The van der Waals surface area contributed by atoms with Crippen molar-refractivity contribution < 1.29 is 0 Å². The Kier molecular flexibility index (Phi) is 5.03. The number of aryl methyl sites for hydroxylation is 1. The maximum Gasteiger partial charge on any atom is 0.0441 e. The van der Waals surface area contributed by atoms with Crippen LogP contribution in [0.25, 0.3) is 0 Å². The van der Waals surface area contributed by atoms with Crippen molar-refractivity contribution in [2.24, 2.45) is 5.41 Å². The molecule has 0 spiro atoms. The summed E-state index contributed by atoms with van der Waals surface area (Å²) in [4.78, 5) is 0. The van der Waals surface area contributed by atoms with Crippen LogP contribution in [0.4, 0.5) is 0 Å². The second kappa shape index (κ2) is 5.88. The highest BCUT2D eigenvalue weighted by Gasteiger charge is 2.18. The van der Waals surface area contributed by atoms with Gasteiger partial charge in [-0.15, -0.1) is 0 Å². The van der Waals surface area contributed by atoms with Crippen LogP contribution in [0.3, 0.4) is 0 Å². The van der Waals surface area contributed by atoms with Crippen molar-refractivity contribution in [1.29, 1.82) is 0 Å². The monoisotopic (exact) mass is 253 g/mol. The average Bonchev–Trinajstić information content (AvgIpc) is 2.19. The first-order valence-electron chi connectivity index (χ1n) is 6.24. The molecule has 0 aliphatic heterocycles. The van der Waals surface area contributed by atoms with Crippen LogP contribution in [0.1, 0.15) is 38.3 Å². The molecule has 1 N–H and O–H groups in total. The molecular weight excluding hydrogens is 230 g/mol. The first-order chi connectivity index (χ1) is 7.81. The van der Waals surface area contributed by atoms with Crippen LogP contribution in [0, 0.1) is 12.3 Å². The molecule has 0 saturated heterocycles. The average molecular weight is 254 g/mol. The third-order valence-corrected chi connectivity index (χ3v) is 3.29. The zero-order valence-electron chi connectivity index (χ0n) is 11.6. The molecule has 0 aromatic heterocycles. The van der Waals surface area contributed by atoms with Crippen molar-refractivity contribution in [1.82, 2.24) is 5.32 Å². The van der Waals surface area contributed by atoms with Gasteiger partial charge in [0, 0.05) is 11.1 Å². The molecule has 0 aliphatic carbocycles. The lowest BCUT2D eigenvalue weighted by Gasteiger charge is -2.26. The summed E-state index contributed by atoms with van der Waals surface area (Å²) in [6.07, 6.45) is 2.14. The smallest absolute Gasteiger partial charge is 0.0441 e. The summed E-state index contributed by atoms with van der Waals surface area (Å²) in [6.45, 7) is 8.89. The predicted octanol–water partition coefficient (Wildman–Crippen LogP) is 4.22. The minimum absolute atomic E-state index is 0.338.